The van der Waals surface area contributed by atoms with E-state index in [0.717, 1.165) is 30.5 Å². The minimum atomic E-state index is -4.61. The molecule has 3 aromatic rings. The molecular formula is C38H48Br2F6N4O4S. The van der Waals surface area contributed by atoms with Crippen molar-refractivity contribution in [3.05, 3.63) is 75.9 Å². The normalized spacial score (nSPS) is 20.8. The second kappa shape index (κ2) is 17.6. The van der Waals surface area contributed by atoms with Gasteiger partial charge in [-0.1, -0.05) is 26.0 Å². The molecule has 1 aromatic carbocycles. The third-order valence-corrected chi connectivity index (χ3v) is 11.8. The molecule has 1 N–H and O–H groups in total. The number of benzene rings is 1. The number of alkyl halides is 6. The number of ether oxygens (including phenoxy) is 1. The van der Waals surface area contributed by atoms with E-state index in [2.05, 4.69) is 9.97 Å². The average molecular weight is 931 g/mol. The average Bonchev–Trinajstić information content (AvgIpc) is 3.08. The zero-order valence-corrected chi connectivity index (χ0v) is 35.2. The quantitative estimate of drug-likeness (QED) is 0.159. The second-order valence-electron chi connectivity index (χ2n) is 15.7. The minimum Gasteiger partial charge on any atom is -0.490 e. The van der Waals surface area contributed by atoms with Gasteiger partial charge in [-0.25, -0.2) is 31.6 Å². The number of nitrogens with zero attached hydrogens (tertiary/aromatic N) is 4. The van der Waals surface area contributed by atoms with Crippen LogP contribution in [0.25, 0.3) is 0 Å². The standard InChI is InChI=1S/C38H46F6N4O4S.2BrH/c1-36(2)19-28-31(29(49)20-36)30(23-9-13-37(40,41)14-10-23)32(33(39)24-5-7-26(8-6-24)38(42,43)44)34(47-28)25-11-15-48(16-12-25)35-45-21-27(22-46-35)52-17-4-18-53(3,50)51;;/h5-8,21-23,25,29,33,49H,4,9-20H2,1-3H3;2*1H/t29-,33?;;/m0../s1. The molecule has 1 unspecified atom stereocenters. The first-order valence-corrected chi connectivity index (χ1v) is 20.2. The summed E-state index contributed by atoms with van der Waals surface area (Å²) < 4.78 is 115. The van der Waals surface area contributed by atoms with E-state index < -0.39 is 45.7 Å². The van der Waals surface area contributed by atoms with Gasteiger partial charge in [-0.3, -0.25) is 4.98 Å². The molecular weight excluding hydrogens is 882 g/mol. The van der Waals surface area contributed by atoms with Crippen LogP contribution in [0.5, 0.6) is 5.75 Å². The summed E-state index contributed by atoms with van der Waals surface area (Å²) in [5.41, 5.74) is 1.01. The van der Waals surface area contributed by atoms with Gasteiger partial charge >= 0.3 is 6.18 Å². The molecule has 306 valence electrons. The third kappa shape index (κ3) is 10.9. The van der Waals surface area contributed by atoms with E-state index in [-0.39, 0.29) is 94.5 Å². The molecule has 0 radical (unpaired) electrons. The van der Waals surface area contributed by atoms with Gasteiger partial charge in [0.25, 0.3) is 0 Å². The number of pyridine rings is 1. The first-order chi connectivity index (χ1) is 24.8. The fraction of sp³-hybridized carbons (Fsp3) is 0.605. The zero-order valence-electron chi connectivity index (χ0n) is 30.9. The van der Waals surface area contributed by atoms with Crippen molar-refractivity contribution in [2.75, 3.05) is 36.6 Å². The van der Waals surface area contributed by atoms with Gasteiger partial charge in [0, 0.05) is 54.9 Å². The minimum absolute atomic E-state index is 0. The Hall–Kier alpha value is -2.50. The molecule has 2 atom stereocenters. The van der Waals surface area contributed by atoms with E-state index in [9.17, 15) is 35.5 Å². The highest BCUT2D eigenvalue weighted by Crippen LogP contribution is 2.52. The van der Waals surface area contributed by atoms with Crippen LogP contribution in [0.15, 0.2) is 36.7 Å². The molecule has 55 heavy (non-hydrogen) atoms. The summed E-state index contributed by atoms with van der Waals surface area (Å²) in [6.45, 7) is 5.18. The highest BCUT2D eigenvalue weighted by molar-refractivity contribution is 8.93. The van der Waals surface area contributed by atoms with Crippen molar-refractivity contribution < 1.29 is 44.6 Å². The number of aliphatic hydroxyl groups is 1. The van der Waals surface area contributed by atoms with E-state index in [1.165, 1.54) is 12.4 Å². The highest BCUT2D eigenvalue weighted by Gasteiger charge is 2.44. The molecule has 3 heterocycles. The number of halogens is 8. The molecule has 0 bridgehead atoms. The summed E-state index contributed by atoms with van der Waals surface area (Å²) in [5, 5.41) is 11.6. The van der Waals surface area contributed by atoms with Gasteiger partial charge in [-0.15, -0.1) is 34.0 Å². The third-order valence-electron chi connectivity index (χ3n) is 10.8. The molecule has 2 aromatic heterocycles. The predicted molar refractivity (Wildman–Crippen MR) is 209 cm³/mol. The van der Waals surface area contributed by atoms with Crippen LogP contribution in [0.4, 0.5) is 32.3 Å². The van der Waals surface area contributed by atoms with Crippen molar-refractivity contribution in [3.63, 3.8) is 0 Å². The summed E-state index contributed by atoms with van der Waals surface area (Å²) >= 11 is 0. The van der Waals surface area contributed by atoms with Crippen molar-refractivity contribution in [2.24, 2.45) is 5.41 Å². The smallest absolute Gasteiger partial charge is 0.416 e. The highest BCUT2D eigenvalue weighted by atomic mass is 79.9. The predicted octanol–water partition coefficient (Wildman–Crippen LogP) is 9.60. The fourth-order valence-electron chi connectivity index (χ4n) is 8.13. The molecule has 3 aliphatic rings. The summed E-state index contributed by atoms with van der Waals surface area (Å²) in [4.78, 5) is 15.9. The Bertz CT molecular complexity index is 1870. The monoisotopic (exact) mass is 928 g/mol. The van der Waals surface area contributed by atoms with Gasteiger partial charge in [0.15, 0.2) is 11.9 Å². The topological polar surface area (TPSA) is 106 Å². The van der Waals surface area contributed by atoms with Crippen molar-refractivity contribution in [1.82, 2.24) is 15.0 Å². The summed E-state index contributed by atoms with van der Waals surface area (Å²) in [7, 11) is -3.10. The number of aromatic nitrogens is 3. The number of aliphatic hydroxyl groups excluding tert-OH is 1. The van der Waals surface area contributed by atoms with Gasteiger partial charge in [-0.05, 0) is 79.5 Å². The maximum Gasteiger partial charge on any atom is 0.416 e. The maximum atomic E-state index is 17.3. The largest absolute Gasteiger partial charge is 0.490 e. The first-order valence-electron chi connectivity index (χ1n) is 18.1. The number of fused-ring (bicyclic) bond motifs is 1. The number of rotatable bonds is 10. The molecule has 8 nitrogen and oxygen atoms in total. The van der Waals surface area contributed by atoms with Crippen molar-refractivity contribution in [2.45, 2.75) is 108 Å². The molecule has 1 aliphatic heterocycles. The molecule has 1 saturated carbocycles. The molecule has 17 heteroatoms. The lowest BCUT2D eigenvalue weighted by molar-refractivity contribution is -0.137. The van der Waals surface area contributed by atoms with Crippen LogP contribution >= 0.6 is 34.0 Å². The SMILES string of the molecule is Br.Br.CC1(C)Cc2nc(C3CCN(c4ncc(OCCCS(C)(=O)=O)cn4)CC3)c(C(F)c3ccc(C(F)(F)F)cc3)c(C3CCC(F)(F)CC3)c2[C@@H](O)C1. The lowest BCUT2D eigenvalue weighted by Crippen LogP contribution is -2.36. The van der Waals surface area contributed by atoms with E-state index in [4.69, 9.17) is 9.72 Å². The van der Waals surface area contributed by atoms with Crippen LogP contribution < -0.4 is 9.64 Å². The van der Waals surface area contributed by atoms with Crippen LogP contribution in [0.1, 0.15) is 129 Å². The number of piperidine rings is 1. The number of hydrogen-bond donors (Lipinski definition) is 1. The number of hydrogen-bond acceptors (Lipinski definition) is 8. The number of anilines is 1. The Labute approximate surface area is 339 Å². The molecule has 6 rings (SSSR count). The molecule has 2 aliphatic carbocycles. The Morgan fingerprint density at radius 1 is 0.964 bits per heavy atom. The lowest BCUT2D eigenvalue weighted by Gasteiger charge is -2.41. The van der Waals surface area contributed by atoms with Crippen molar-refractivity contribution in [3.8, 4) is 5.75 Å². The van der Waals surface area contributed by atoms with E-state index in [1.54, 1.807) is 0 Å². The summed E-state index contributed by atoms with van der Waals surface area (Å²) in [6.07, 6.45) is -1.70. The second-order valence-corrected chi connectivity index (χ2v) is 17.9. The first kappa shape index (κ1) is 45.2. The van der Waals surface area contributed by atoms with Crippen molar-refractivity contribution in [1.29, 1.82) is 0 Å². The van der Waals surface area contributed by atoms with Gasteiger partial charge in [-0.2, -0.15) is 13.2 Å². The van der Waals surface area contributed by atoms with Crippen LogP contribution in [0.3, 0.4) is 0 Å². The fourth-order valence-corrected chi connectivity index (χ4v) is 8.77. The van der Waals surface area contributed by atoms with E-state index >= 15 is 4.39 Å². The number of sulfone groups is 1. The molecule has 2 fully saturated rings. The van der Waals surface area contributed by atoms with Crippen LogP contribution in [0.2, 0.25) is 0 Å². The Morgan fingerprint density at radius 3 is 2.13 bits per heavy atom. The van der Waals surface area contributed by atoms with Crippen LogP contribution in [-0.2, 0) is 22.4 Å². The van der Waals surface area contributed by atoms with Crippen molar-refractivity contribution >= 4 is 49.7 Å². The molecule has 0 spiro atoms. The summed E-state index contributed by atoms with van der Waals surface area (Å²) in [6, 6.07) is 3.92. The Balaban J connectivity index is 0.00000336. The van der Waals surface area contributed by atoms with E-state index in [1.807, 2.05) is 18.7 Å². The zero-order chi connectivity index (χ0) is 38.3. The molecule has 1 saturated heterocycles. The van der Waals surface area contributed by atoms with Crippen LogP contribution in [0, 0.1) is 5.41 Å². The van der Waals surface area contributed by atoms with Gasteiger partial charge in [0.2, 0.25) is 11.9 Å². The van der Waals surface area contributed by atoms with Crippen LogP contribution in [-0.4, -0.2) is 66.1 Å². The van der Waals surface area contributed by atoms with E-state index in [0.29, 0.717) is 79.4 Å². The van der Waals surface area contributed by atoms with Gasteiger partial charge in [0.05, 0.1) is 42.1 Å². The van der Waals surface area contributed by atoms with Gasteiger partial charge in [0.1, 0.15) is 9.84 Å². The Kier molecular flexibility index (Phi) is 14.4. The Morgan fingerprint density at radius 2 is 1.56 bits per heavy atom. The summed E-state index contributed by atoms with van der Waals surface area (Å²) in [5.74, 6) is -2.76. The van der Waals surface area contributed by atoms with Gasteiger partial charge < -0.3 is 14.7 Å². The molecule has 0 amide bonds. The lowest BCUT2D eigenvalue weighted by atomic mass is 9.68. The maximum absolute atomic E-state index is 17.3.